The van der Waals surface area contributed by atoms with Crippen LogP contribution in [0.5, 0.6) is 0 Å². The average molecular weight is 369 g/mol. The van der Waals surface area contributed by atoms with Gasteiger partial charge in [-0.25, -0.2) is 0 Å². The van der Waals surface area contributed by atoms with E-state index in [1.807, 2.05) is 0 Å². The summed E-state index contributed by atoms with van der Waals surface area (Å²) in [5.74, 6) is 0. The van der Waals surface area contributed by atoms with E-state index < -0.39 is 0 Å². The minimum Gasteiger partial charge on any atom is -0.356 e. The molecule has 1 N–H and O–H groups in total. The molecule has 0 aliphatic rings. The van der Waals surface area contributed by atoms with E-state index in [0.717, 1.165) is 11.4 Å². The van der Waals surface area contributed by atoms with E-state index >= 15 is 0 Å². The summed E-state index contributed by atoms with van der Waals surface area (Å²) in [4.78, 5) is 0. The first-order chi connectivity index (χ1) is 9.66. The molecular weight excluding hydrogens is 342 g/mol. The normalized spacial score (nSPS) is 11.7. The molecule has 2 heteroatoms. The van der Waals surface area contributed by atoms with Gasteiger partial charge in [0.2, 0.25) is 0 Å². The molecule has 0 amide bonds. The molecule has 0 atom stereocenters. The number of anilines is 2. The Kier molecular flexibility index (Phi) is 6.76. The molecule has 1 nitrogen and oxygen atoms in total. The van der Waals surface area contributed by atoms with Crippen LogP contribution in [0.2, 0.25) is 0 Å². The van der Waals surface area contributed by atoms with E-state index in [0.29, 0.717) is 0 Å². The summed E-state index contributed by atoms with van der Waals surface area (Å²) < 4.78 is 0. The first-order valence-corrected chi connectivity index (χ1v) is 7.64. The standard InChI is InChI=1S/C20H27N.Sr/c1-19(2,3)15-7-11-17(12-8-15)21-18-13-9-16(10-14-18)20(4,5)6;/h7-14,21H,1-6H3;/q;+2. The third-order valence-electron chi connectivity index (χ3n) is 3.79. The van der Waals surface area contributed by atoms with Gasteiger partial charge in [-0.1, -0.05) is 65.8 Å². The van der Waals surface area contributed by atoms with Gasteiger partial charge in [-0.05, 0) is 46.2 Å². The summed E-state index contributed by atoms with van der Waals surface area (Å²) >= 11 is 0. The summed E-state index contributed by atoms with van der Waals surface area (Å²) in [6.45, 7) is 13.4. The molecule has 0 spiro atoms. The fraction of sp³-hybridized carbons (Fsp3) is 0.400. The molecule has 0 unspecified atom stereocenters. The molecule has 22 heavy (non-hydrogen) atoms. The second-order valence-electron chi connectivity index (χ2n) is 7.78. The van der Waals surface area contributed by atoms with Crippen LogP contribution in [0.1, 0.15) is 52.7 Å². The predicted octanol–water partition coefficient (Wildman–Crippen LogP) is 5.64. The second-order valence-corrected chi connectivity index (χ2v) is 7.78. The third-order valence-corrected chi connectivity index (χ3v) is 3.79. The van der Waals surface area contributed by atoms with Gasteiger partial charge in [0.25, 0.3) is 0 Å². The van der Waals surface area contributed by atoms with Gasteiger partial charge in [0.15, 0.2) is 0 Å². The molecule has 0 bridgehead atoms. The Bertz CT molecular complexity index is 528. The van der Waals surface area contributed by atoms with E-state index in [-0.39, 0.29) is 56.3 Å². The zero-order valence-corrected chi connectivity index (χ0v) is 18.3. The molecule has 0 heterocycles. The van der Waals surface area contributed by atoms with Crippen molar-refractivity contribution in [2.75, 3.05) is 5.32 Å². The summed E-state index contributed by atoms with van der Waals surface area (Å²) in [7, 11) is 0. The van der Waals surface area contributed by atoms with Crippen LogP contribution in [-0.4, -0.2) is 45.5 Å². The average Bonchev–Trinajstić information content (AvgIpc) is 2.38. The van der Waals surface area contributed by atoms with Gasteiger partial charge in [0, 0.05) is 11.4 Å². The maximum absolute atomic E-state index is 3.46. The van der Waals surface area contributed by atoms with Crippen molar-refractivity contribution in [3.63, 3.8) is 0 Å². The van der Waals surface area contributed by atoms with E-state index in [2.05, 4.69) is 95.4 Å². The molecule has 0 aliphatic heterocycles. The van der Waals surface area contributed by atoms with E-state index in [1.165, 1.54) is 11.1 Å². The summed E-state index contributed by atoms with van der Waals surface area (Å²) in [5.41, 5.74) is 5.38. The maximum atomic E-state index is 3.46. The van der Waals surface area contributed by atoms with Gasteiger partial charge in [-0.3, -0.25) is 0 Å². The molecule has 0 saturated carbocycles. The van der Waals surface area contributed by atoms with Crippen molar-refractivity contribution in [3.05, 3.63) is 59.7 Å². The van der Waals surface area contributed by atoms with Crippen LogP contribution < -0.4 is 5.32 Å². The fourth-order valence-electron chi connectivity index (χ4n) is 2.27. The zero-order chi connectivity index (χ0) is 15.7. The van der Waals surface area contributed by atoms with Gasteiger partial charge in [0.05, 0.1) is 0 Å². The van der Waals surface area contributed by atoms with E-state index in [4.69, 9.17) is 0 Å². The van der Waals surface area contributed by atoms with Crippen molar-refractivity contribution < 1.29 is 0 Å². The van der Waals surface area contributed by atoms with Gasteiger partial charge in [-0.2, -0.15) is 0 Å². The smallest absolute Gasteiger partial charge is 0.356 e. The zero-order valence-electron chi connectivity index (χ0n) is 14.8. The number of benzene rings is 2. The van der Waals surface area contributed by atoms with Gasteiger partial charge in [-0.15, -0.1) is 0 Å². The number of rotatable bonds is 2. The van der Waals surface area contributed by atoms with Crippen LogP contribution in [-0.2, 0) is 10.8 Å². The topological polar surface area (TPSA) is 12.0 Å². The number of nitrogens with one attached hydrogen (secondary N) is 1. The minimum atomic E-state index is 0. The van der Waals surface area contributed by atoms with E-state index in [9.17, 15) is 0 Å². The number of hydrogen-bond donors (Lipinski definition) is 1. The first kappa shape index (κ1) is 19.8. The van der Waals surface area contributed by atoms with Crippen molar-refractivity contribution in [3.8, 4) is 0 Å². The van der Waals surface area contributed by atoms with Gasteiger partial charge in [0.1, 0.15) is 0 Å². The monoisotopic (exact) mass is 369 g/mol. The van der Waals surface area contributed by atoms with E-state index in [1.54, 1.807) is 0 Å². The Hall–Kier alpha value is -0.279. The van der Waals surface area contributed by atoms with Crippen LogP contribution in [0.4, 0.5) is 11.4 Å². The molecule has 0 aliphatic carbocycles. The summed E-state index contributed by atoms with van der Waals surface area (Å²) in [6, 6.07) is 17.4. The first-order valence-electron chi connectivity index (χ1n) is 7.64. The molecular formula is C20H27NSr+2. The Balaban J connectivity index is 0.00000242. The maximum Gasteiger partial charge on any atom is 2.00 e. The van der Waals surface area contributed by atoms with Crippen molar-refractivity contribution in [1.29, 1.82) is 0 Å². The largest absolute Gasteiger partial charge is 2.00 e. The summed E-state index contributed by atoms with van der Waals surface area (Å²) in [5, 5.41) is 3.46. The third kappa shape index (κ3) is 5.42. The Morgan fingerprint density at radius 3 is 1.05 bits per heavy atom. The van der Waals surface area contributed by atoms with Crippen molar-refractivity contribution in [1.82, 2.24) is 0 Å². The Labute approximate surface area is 172 Å². The molecule has 0 saturated heterocycles. The molecule has 0 radical (unpaired) electrons. The van der Waals surface area contributed by atoms with Crippen molar-refractivity contribution in [2.24, 2.45) is 0 Å². The van der Waals surface area contributed by atoms with Gasteiger partial charge < -0.3 is 5.32 Å². The molecule has 112 valence electrons. The molecule has 2 aromatic rings. The summed E-state index contributed by atoms with van der Waals surface area (Å²) in [6.07, 6.45) is 0. The SMILES string of the molecule is CC(C)(C)c1ccc(Nc2ccc(C(C)(C)C)cc2)cc1.[Sr+2]. The Morgan fingerprint density at radius 2 is 0.818 bits per heavy atom. The van der Waals surface area contributed by atoms with Crippen LogP contribution in [0.3, 0.4) is 0 Å². The molecule has 0 aromatic heterocycles. The minimum absolute atomic E-state index is 0. The van der Waals surface area contributed by atoms with Gasteiger partial charge >= 0.3 is 45.5 Å². The number of hydrogen-bond acceptors (Lipinski definition) is 1. The van der Waals surface area contributed by atoms with Crippen molar-refractivity contribution >= 4 is 56.9 Å². The van der Waals surface area contributed by atoms with Crippen LogP contribution in [0.15, 0.2) is 48.5 Å². The second kappa shape index (κ2) is 7.53. The van der Waals surface area contributed by atoms with Crippen LogP contribution in [0, 0.1) is 0 Å². The fourth-order valence-corrected chi connectivity index (χ4v) is 2.27. The molecule has 2 rings (SSSR count). The molecule has 2 aromatic carbocycles. The molecule has 0 fully saturated rings. The van der Waals surface area contributed by atoms with Crippen LogP contribution in [0.25, 0.3) is 0 Å². The quantitative estimate of drug-likeness (QED) is 0.676. The van der Waals surface area contributed by atoms with Crippen molar-refractivity contribution in [2.45, 2.75) is 52.4 Å². The van der Waals surface area contributed by atoms with Crippen LogP contribution >= 0.6 is 0 Å². The predicted molar refractivity (Wildman–Crippen MR) is 99.3 cm³/mol. The Morgan fingerprint density at radius 1 is 0.545 bits per heavy atom.